The van der Waals surface area contributed by atoms with Gasteiger partial charge in [0.15, 0.2) is 0 Å². The summed E-state index contributed by atoms with van der Waals surface area (Å²) >= 11 is 0. The van der Waals surface area contributed by atoms with Gasteiger partial charge in [0, 0.05) is 25.0 Å². The van der Waals surface area contributed by atoms with Crippen molar-refractivity contribution in [2.24, 2.45) is 0 Å². The Bertz CT molecular complexity index is 2090. The van der Waals surface area contributed by atoms with Crippen molar-refractivity contribution in [1.82, 2.24) is 0 Å². The van der Waals surface area contributed by atoms with Crippen LogP contribution in [0.3, 0.4) is 0 Å². The summed E-state index contributed by atoms with van der Waals surface area (Å²) in [6.07, 6.45) is 14.1. The average Bonchev–Trinajstić information content (AvgIpc) is 3.32. The van der Waals surface area contributed by atoms with Gasteiger partial charge in [0.1, 0.15) is 23.0 Å². The molecule has 0 radical (unpaired) electrons. The predicted octanol–water partition coefficient (Wildman–Crippen LogP) is 12.1. The van der Waals surface area contributed by atoms with Gasteiger partial charge < -0.3 is 33.2 Å². The Kier molecular flexibility index (Phi) is 26.8. The molecule has 0 heterocycles. The van der Waals surface area contributed by atoms with Crippen molar-refractivity contribution in [1.29, 1.82) is 0 Å². The molecule has 67 heavy (non-hydrogen) atoms. The Hall–Kier alpha value is -6.69. The molecule has 0 saturated carbocycles. The molecule has 360 valence electrons. The first-order chi connectivity index (χ1) is 32.4. The lowest BCUT2D eigenvalue weighted by molar-refractivity contribution is -0.144. The van der Waals surface area contributed by atoms with Crippen molar-refractivity contribution in [2.75, 3.05) is 33.0 Å². The topological polar surface area (TPSA) is 150 Å². The number of esters is 5. The molecule has 0 saturated heterocycles. The smallest absolute Gasteiger partial charge is 0.343 e. The van der Waals surface area contributed by atoms with E-state index in [9.17, 15) is 24.0 Å². The summed E-state index contributed by atoms with van der Waals surface area (Å²) in [6, 6.07) is 29.3. The molecule has 0 aromatic heterocycles. The van der Waals surface area contributed by atoms with Gasteiger partial charge in [-0.1, -0.05) is 80.8 Å². The van der Waals surface area contributed by atoms with Crippen molar-refractivity contribution in [3.8, 4) is 34.1 Å². The maximum Gasteiger partial charge on any atom is 0.343 e. The Morgan fingerprint density at radius 3 is 1.39 bits per heavy atom. The standard InChI is InChI=1S/C30H30O7.C25H38O5/c1-3-29(32)35-21-7-5-4-6-20-34-26-14-12-25(13-15-26)30(33)37-28-18-10-24(11-19-28)23-8-16-27(17-9-23)36-22(2)31;1-21(2)25(27)30-20-12-8-9-13-24(26)29-19-11-7-5-4-6-10-18-28-23-16-14-22(3)15-17-23/h3,8-19H,1,4-7,20-21H2,2H3;14-17H,1,4-13,18-20H2,2-3H3. The van der Waals surface area contributed by atoms with E-state index in [1.54, 1.807) is 55.5 Å². The number of hydrogen-bond acceptors (Lipinski definition) is 12. The molecule has 12 nitrogen and oxygen atoms in total. The lowest BCUT2D eigenvalue weighted by Gasteiger charge is -2.09. The first-order valence-corrected chi connectivity index (χ1v) is 23.2. The largest absolute Gasteiger partial charge is 0.494 e. The second-order valence-corrected chi connectivity index (χ2v) is 15.9. The van der Waals surface area contributed by atoms with E-state index < -0.39 is 11.9 Å². The summed E-state index contributed by atoms with van der Waals surface area (Å²) in [5, 5.41) is 0. The minimum Gasteiger partial charge on any atom is -0.494 e. The van der Waals surface area contributed by atoms with Crippen molar-refractivity contribution in [3.63, 3.8) is 0 Å². The maximum absolute atomic E-state index is 12.5. The molecule has 4 rings (SSSR count). The average molecular weight is 921 g/mol. The highest BCUT2D eigenvalue weighted by molar-refractivity contribution is 5.91. The molecule has 0 N–H and O–H groups in total. The second-order valence-electron chi connectivity index (χ2n) is 15.9. The number of aryl methyl sites for hydroxylation is 1. The molecule has 4 aromatic rings. The van der Waals surface area contributed by atoms with Crippen LogP contribution in [0.4, 0.5) is 0 Å². The molecule has 0 spiro atoms. The van der Waals surface area contributed by atoms with Crippen molar-refractivity contribution in [2.45, 2.75) is 111 Å². The van der Waals surface area contributed by atoms with Crippen molar-refractivity contribution < 1.29 is 57.1 Å². The molecule has 0 fully saturated rings. The number of carbonyl (C=O) groups excluding carboxylic acids is 5. The highest BCUT2D eigenvalue weighted by Gasteiger charge is 2.10. The third-order valence-corrected chi connectivity index (χ3v) is 10.0. The Morgan fingerprint density at radius 1 is 0.478 bits per heavy atom. The lowest BCUT2D eigenvalue weighted by atomic mass is 10.1. The SMILES string of the molecule is C=C(C)C(=O)OCCCCCC(=O)OCCCCCCCCOc1ccc(C)cc1.C=CC(=O)OCCCCCCOc1ccc(C(=O)Oc2ccc(-c3ccc(OC(C)=O)cc3)cc2)cc1. The molecular formula is C55H68O12. The van der Waals surface area contributed by atoms with Crippen LogP contribution in [-0.2, 0) is 33.4 Å². The number of ether oxygens (including phenoxy) is 7. The first-order valence-electron chi connectivity index (χ1n) is 23.2. The molecule has 12 heteroatoms. The second kappa shape index (κ2) is 32.9. The van der Waals surface area contributed by atoms with Gasteiger partial charge in [0.25, 0.3) is 0 Å². The van der Waals surface area contributed by atoms with E-state index in [0.717, 1.165) is 107 Å². The first kappa shape index (κ1) is 54.6. The van der Waals surface area contributed by atoms with Gasteiger partial charge in [-0.2, -0.15) is 0 Å². The summed E-state index contributed by atoms with van der Waals surface area (Å²) in [5.74, 6) is 0.831. The summed E-state index contributed by atoms with van der Waals surface area (Å²) in [6.45, 7) is 14.5. The molecule has 0 amide bonds. The molecule has 4 aromatic carbocycles. The van der Waals surface area contributed by atoms with Crippen LogP contribution in [0.25, 0.3) is 11.1 Å². The van der Waals surface area contributed by atoms with Gasteiger partial charge >= 0.3 is 29.8 Å². The zero-order valence-corrected chi connectivity index (χ0v) is 39.6. The molecule has 0 bridgehead atoms. The van der Waals surface area contributed by atoms with Crippen LogP contribution < -0.4 is 18.9 Å². The van der Waals surface area contributed by atoms with Crippen molar-refractivity contribution >= 4 is 29.8 Å². The quantitative estimate of drug-likeness (QED) is 0.0161. The van der Waals surface area contributed by atoms with Gasteiger partial charge in [0.2, 0.25) is 0 Å². The molecule has 0 aliphatic carbocycles. The van der Waals surface area contributed by atoms with Crippen molar-refractivity contribution in [3.05, 3.63) is 133 Å². The van der Waals surface area contributed by atoms with E-state index in [1.165, 1.54) is 18.9 Å². The highest BCUT2D eigenvalue weighted by Crippen LogP contribution is 2.25. The van der Waals surface area contributed by atoms with Crippen LogP contribution in [0, 0.1) is 6.92 Å². The van der Waals surface area contributed by atoms with Gasteiger partial charge in [-0.3, -0.25) is 9.59 Å². The fourth-order valence-electron chi connectivity index (χ4n) is 6.26. The van der Waals surface area contributed by atoms with Crippen LogP contribution in [-0.4, -0.2) is 62.9 Å². The monoisotopic (exact) mass is 920 g/mol. The Balaban J connectivity index is 0.000000364. The fourth-order valence-corrected chi connectivity index (χ4v) is 6.26. The lowest BCUT2D eigenvalue weighted by Crippen LogP contribution is -2.08. The number of carbonyl (C=O) groups is 5. The summed E-state index contributed by atoms with van der Waals surface area (Å²) in [5.41, 5.74) is 3.95. The predicted molar refractivity (Wildman–Crippen MR) is 259 cm³/mol. The molecule has 0 aliphatic heterocycles. The van der Waals surface area contributed by atoms with Crippen LogP contribution in [0.2, 0.25) is 0 Å². The molecular weight excluding hydrogens is 853 g/mol. The summed E-state index contributed by atoms with van der Waals surface area (Å²) in [4.78, 5) is 57.4. The Morgan fingerprint density at radius 2 is 0.896 bits per heavy atom. The number of hydrogen-bond donors (Lipinski definition) is 0. The van der Waals surface area contributed by atoms with Gasteiger partial charge in [-0.25, -0.2) is 14.4 Å². The van der Waals surface area contributed by atoms with E-state index >= 15 is 0 Å². The molecule has 0 unspecified atom stereocenters. The number of unbranched alkanes of at least 4 members (excludes halogenated alkanes) is 10. The summed E-state index contributed by atoms with van der Waals surface area (Å²) in [7, 11) is 0. The van der Waals surface area contributed by atoms with Crippen LogP contribution in [0.5, 0.6) is 23.0 Å². The molecule has 0 atom stereocenters. The van der Waals surface area contributed by atoms with Crippen LogP contribution in [0.15, 0.2) is 122 Å². The van der Waals surface area contributed by atoms with Crippen LogP contribution in [0.1, 0.15) is 120 Å². The zero-order chi connectivity index (χ0) is 48.5. The number of rotatable bonds is 30. The maximum atomic E-state index is 12.5. The van der Waals surface area contributed by atoms with Gasteiger partial charge in [-0.15, -0.1) is 0 Å². The van der Waals surface area contributed by atoms with E-state index in [4.69, 9.17) is 33.2 Å². The zero-order valence-electron chi connectivity index (χ0n) is 39.6. The Labute approximate surface area is 396 Å². The minimum absolute atomic E-state index is 0.137. The third-order valence-electron chi connectivity index (χ3n) is 10.0. The van der Waals surface area contributed by atoms with E-state index in [2.05, 4.69) is 32.2 Å². The normalized spacial score (nSPS) is 10.4. The van der Waals surface area contributed by atoms with Gasteiger partial charge in [0.05, 0.1) is 38.6 Å². The fraction of sp³-hybridized carbons (Fsp3) is 0.400. The van der Waals surface area contributed by atoms with Gasteiger partial charge in [-0.05, 0) is 143 Å². The van der Waals surface area contributed by atoms with E-state index in [1.807, 2.05) is 36.4 Å². The summed E-state index contributed by atoms with van der Waals surface area (Å²) < 4.78 is 37.2. The minimum atomic E-state index is -0.456. The number of benzene rings is 4. The third kappa shape index (κ3) is 25.0. The van der Waals surface area contributed by atoms with E-state index in [-0.39, 0.29) is 17.9 Å². The highest BCUT2D eigenvalue weighted by atomic mass is 16.5. The van der Waals surface area contributed by atoms with E-state index in [0.29, 0.717) is 61.2 Å². The van der Waals surface area contributed by atoms with Crippen LogP contribution >= 0.6 is 0 Å². The molecule has 0 aliphatic rings.